The maximum absolute atomic E-state index is 12.8. The van der Waals surface area contributed by atoms with E-state index in [1.54, 1.807) is 13.1 Å². The lowest BCUT2D eigenvalue weighted by Crippen LogP contribution is -2.41. The third-order valence-corrected chi connectivity index (χ3v) is 7.02. The number of amides is 1. The van der Waals surface area contributed by atoms with Crippen molar-refractivity contribution in [1.82, 2.24) is 19.9 Å². The molecule has 0 aromatic carbocycles. The summed E-state index contributed by atoms with van der Waals surface area (Å²) in [4.78, 5) is 34.2. The number of carbonyl (C=O) groups excluding carboxylic acids is 2. The number of pyridine rings is 2. The SMILES string of the molecule is Cc1cc(C[C@@H]2CC[C@@H](C(=O)N[C@@H](C)C(=O)CCc3cnc4c(c3)c(Cl)cn4C)C2)ccn1. The molecule has 1 aliphatic carbocycles. The number of rotatable bonds is 8. The van der Waals surface area contributed by atoms with Crippen molar-refractivity contribution in [1.29, 1.82) is 0 Å². The number of hydrogen-bond donors (Lipinski definition) is 1. The Labute approximate surface area is 199 Å². The molecule has 0 spiro atoms. The summed E-state index contributed by atoms with van der Waals surface area (Å²) in [7, 11) is 1.90. The first kappa shape index (κ1) is 23.4. The molecule has 3 aromatic heterocycles. The molecule has 1 saturated carbocycles. The van der Waals surface area contributed by atoms with Crippen LogP contribution in [0.3, 0.4) is 0 Å². The van der Waals surface area contributed by atoms with Crippen molar-refractivity contribution in [3.05, 3.63) is 58.6 Å². The van der Waals surface area contributed by atoms with Crippen LogP contribution in [0.4, 0.5) is 0 Å². The average Bonchev–Trinajstić information content (AvgIpc) is 3.36. The molecule has 1 aliphatic rings. The summed E-state index contributed by atoms with van der Waals surface area (Å²) in [5, 5.41) is 4.50. The highest BCUT2D eigenvalue weighted by Gasteiger charge is 2.31. The number of nitrogens with one attached hydrogen (secondary N) is 1. The third kappa shape index (κ3) is 5.61. The first-order chi connectivity index (χ1) is 15.8. The van der Waals surface area contributed by atoms with E-state index in [4.69, 9.17) is 11.6 Å². The van der Waals surface area contributed by atoms with Crippen LogP contribution in [0.15, 0.2) is 36.8 Å². The fraction of sp³-hybridized carbons (Fsp3) is 0.462. The Morgan fingerprint density at radius 2 is 2.06 bits per heavy atom. The van der Waals surface area contributed by atoms with E-state index in [0.29, 0.717) is 23.8 Å². The van der Waals surface area contributed by atoms with E-state index in [0.717, 1.165) is 48.0 Å². The molecule has 1 N–H and O–H groups in total. The van der Waals surface area contributed by atoms with Crippen molar-refractivity contribution in [3.8, 4) is 0 Å². The second-order valence-corrected chi connectivity index (χ2v) is 9.79. The first-order valence-corrected chi connectivity index (χ1v) is 12.0. The summed E-state index contributed by atoms with van der Waals surface area (Å²) in [5.41, 5.74) is 4.09. The zero-order valence-corrected chi connectivity index (χ0v) is 20.2. The van der Waals surface area contributed by atoms with Crippen LogP contribution in [-0.2, 0) is 29.5 Å². The molecular weight excluding hydrogens is 436 g/mol. The predicted octanol–water partition coefficient (Wildman–Crippen LogP) is 4.60. The number of halogens is 1. The Kier molecular flexibility index (Phi) is 7.13. The first-order valence-electron chi connectivity index (χ1n) is 11.6. The number of ketones is 1. The van der Waals surface area contributed by atoms with Crippen molar-refractivity contribution in [3.63, 3.8) is 0 Å². The van der Waals surface area contributed by atoms with Gasteiger partial charge < -0.3 is 9.88 Å². The van der Waals surface area contributed by atoms with Crippen LogP contribution in [0.2, 0.25) is 5.02 Å². The van der Waals surface area contributed by atoms with Gasteiger partial charge in [-0.25, -0.2) is 4.98 Å². The molecule has 0 aliphatic heterocycles. The Balaban J connectivity index is 1.25. The Hall–Kier alpha value is -2.73. The van der Waals surface area contributed by atoms with E-state index in [2.05, 4.69) is 27.4 Å². The lowest BCUT2D eigenvalue weighted by Gasteiger charge is -2.17. The van der Waals surface area contributed by atoms with Gasteiger partial charge in [0.15, 0.2) is 5.78 Å². The maximum atomic E-state index is 12.8. The Bertz CT molecular complexity index is 1170. The fourth-order valence-electron chi connectivity index (χ4n) is 4.85. The molecule has 0 bridgehead atoms. The van der Waals surface area contributed by atoms with Gasteiger partial charge in [-0.3, -0.25) is 14.6 Å². The van der Waals surface area contributed by atoms with Gasteiger partial charge in [0.1, 0.15) is 5.65 Å². The second kappa shape index (κ2) is 10.0. The summed E-state index contributed by atoms with van der Waals surface area (Å²) in [6.45, 7) is 3.78. The van der Waals surface area contributed by atoms with Crippen LogP contribution >= 0.6 is 11.6 Å². The zero-order valence-electron chi connectivity index (χ0n) is 19.5. The van der Waals surface area contributed by atoms with Crippen LogP contribution in [0, 0.1) is 18.8 Å². The minimum absolute atomic E-state index is 0.00316. The van der Waals surface area contributed by atoms with Gasteiger partial charge in [0.05, 0.1) is 11.1 Å². The van der Waals surface area contributed by atoms with Gasteiger partial charge in [0.2, 0.25) is 5.91 Å². The molecule has 4 rings (SSSR count). The summed E-state index contributed by atoms with van der Waals surface area (Å²) >= 11 is 6.27. The number of aryl methyl sites for hydroxylation is 3. The van der Waals surface area contributed by atoms with Gasteiger partial charge in [-0.05, 0) is 81.2 Å². The van der Waals surface area contributed by atoms with Crippen molar-refractivity contribution < 1.29 is 9.59 Å². The number of fused-ring (bicyclic) bond motifs is 1. The molecule has 174 valence electrons. The fourth-order valence-corrected chi connectivity index (χ4v) is 5.14. The highest BCUT2D eigenvalue weighted by atomic mass is 35.5. The number of Topliss-reactive ketones (excluding diaryl/α,β-unsaturated/α-hetero) is 1. The Morgan fingerprint density at radius 3 is 2.85 bits per heavy atom. The molecule has 6 nitrogen and oxygen atoms in total. The van der Waals surface area contributed by atoms with Gasteiger partial charge in [0, 0.05) is 49.1 Å². The molecule has 3 heterocycles. The molecule has 1 fully saturated rings. The smallest absolute Gasteiger partial charge is 0.223 e. The molecule has 7 heteroatoms. The molecule has 0 unspecified atom stereocenters. The van der Waals surface area contributed by atoms with Crippen LogP contribution < -0.4 is 5.32 Å². The van der Waals surface area contributed by atoms with Crippen LogP contribution in [-0.4, -0.2) is 32.3 Å². The molecule has 33 heavy (non-hydrogen) atoms. The lowest BCUT2D eigenvalue weighted by atomic mass is 9.96. The third-order valence-electron chi connectivity index (χ3n) is 6.72. The van der Waals surface area contributed by atoms with Gasteiger partial charge in [-0.15, -0.1) is 0 Å². The summed E-state index contributed by atoms with van der Waals surface area (Å²) < 4.78 is 1.88. The lowest BCUT2D eigenvalue weighted by molar-refractivity contribution is -0.129. The largest absolute Gasteiger partial charge is 0.346 e. The van der Waals surface area contributed by atoms with Gasteiger partial charge >= 0.3 is 0 Å². The average molecular weight is 467 g/mol. The van der Waals surface area contributed by atoms with E-state index < -0.39 is 6.04 Å². The van der Waals surface area contributed by atoms with Crippen LogP contribution in [0.5, 0.6) is 0 Å². The molecule has 3 aromatic rings. The molecule has 1 amide bonds. The zero-order chi connectivity index (χ0) is 23.5. The number of hydrogen-bond acceptors (Lipinski definition) is 4. The predicted molar refractivity (Wildman–Crippen MR) is 130 cm³/mol. The minimum Gasteiger partial charge on any atom is -0.346 e. The molecule has 0 radical (unpaired) electrons. The second-order valence-electron chi connectivity index (χ2n) is 9.38. The number of nitrogens with zero attached hydrogens (tertiary/aromatic N) is 3. The standard InChI is InChI=1S/C26H31ClN4O2/c1-16-10-19(8-9-28-16)11-18-4-6-21(12-18)26(33)30-17(2)24(32)7-5-20-13-22-23(27)15-31(3)25(22)29-14-20/h8-10,13-15,17-18,21H,4-7,11-12H2,1-3H3,(H,30,33)/t17-,18-,21+/m0/s1. The van der Waals surface area contributed by atoms with Crippen LogP contribution in [0.1, 0.15) is 49.4 Å². The number of aromatic nitrogens is 3. The van der Waals surface area contributed by atoms with Gasteiger partial charge in [0.25, 0.3) is 0 Å². The molecule has 0 saturated heterocycles. The van der Waals surface area contributed by atoms with E-state index >= 15 is 0 Å². The van der Waals surface area contributed by atoms with Crippen molar-refractivity contribution >= 4 is 34.3 Å². The van der Waals surface area contributed by atoms with Gasteiger partial charge in [-0.1, -0.05) is 11.6 Å². The highest BCUT2D eigenvalue weighted by molar-refractivity contribution is 6.35. The van der Waals surface area contributed by atoms with E-state index in [1.807, 2.05) is 37.0 Å². The summed E-state index contributed by atoms with van der Waals surface area (Å²) in [6.07, 6.45) is 10.2. The molecule has 3 atom stereocenters. The summed E-state index contributed by atoms with van der Waals surface area (Å²) in [5.74, 6) is 0.522. The molecular formula is C26H31ClN4O2. The topological polar surface area (TPSA) is 76.9 Å². The maximum Gasteiger partial charge on any atom is 0.223 e. The van der Waals surface area contributed by atoms with Crippen LogP contribution in [0.25, 0.3) is 11.0 Å². The summed E-state index contributed by atoms with van der Waals surface area (Å²) in [6, 6.07) is 5.67. The van der Waals surface area contributed by atoms with Gasteiger partial charge in [-0.2, -0.15) is 0 Å². The van der Waals surface area contributed by atoms with Crippen molar-refractivity contribution in [2.24, 2.45) is 18.9 Å². The van der Waals surface area contributed by atoms with E-state index in [9.17, 15) is 9.59 Å². The highest BCUT2D eigenvalue weighted by Crippen LogP contribution is 2.33. The minimum atomic E-state index is -0.489. The quantitative estimate of drug-likeness (QED) is 0.526. The van der Waals surface area contributed by atoms with Crippen molar-refractivity contribution in [2.75, 3.05) is 0 Å². The van der Waals surface area contributed by atoms with E-state index in [-0.39, 0.29) is 17.6 Å². The van der Waals surface area contributed by atoms with E-state index in [1.165, 1.54) is 5.56 Å². The number of carbonyl (C=O) groups is 2. The monoisotopic (exact) mass is 466 g/mol. The normalized spacial score (nSPS) is 19.0. The Morgan fingerprint density at radius 1 is 1.24 bits per heavy atom. The van der Waals surface area contributed by atoms with Crippen molar-refractivity contribution in [2.45, 2.75) is 58.4 Å².